The molecule has 0 N–H and O–H groups in total. The predicted molar refractivity (Wildman–Crippen MR) is 206 cm³/mol. The van der Waals surface area contributed by atoms with E-state index in [-0.39, 0.29) is 0 Å². The summed E-state index contributed by atoms with van der Waals surface area (Å²) in [7, 11) is 0. The van der Waals surface area contributed by atoms with Crippen molar-refractivity contribution in [1.29, 1.82) is 0 Å². The number of furan rings is 1. The van der Waals surface area contributed by atoms with Crippen LogP contribution in [0.25, 0.3) is 111 Å². The Hall–Kier alpha value is -6.98. The minimum Gasteiger partial charge on any atom is -0.456 e. The molecule has 5 heteroatoms. The highest BCUT2D eigenvalue weighted by atomic mass is 16.3. The van der Waals surface area contributed by atoms with Crippen molar-refractivity contribution in [3.05, 3.63) is 158 Å². The molecule has 5 nitrogen and oxygen atoms in total. The highest BCUT2D eigenvalue weighted by Gasteiger charge is 2.23. The Morgan fingerprint density at radius 3 is 1.92 bits per heavy atom. The number of nitrogens with zero attached hydrogens (tertiary/aromatic N) is 4. The molecule has 0 saturated carbocycles. The van der Waals surface area contributed by atoms with Crippen molar-refractivity contribution in [3.8, 4) is 67.5 Å². The second-order valence-electron chi connectivity index (χ2n) is 13.1. The van der Waals surface area contributed by atoms with E-state index >= 15 is 0 Å². The largest absolute Gasteiger partial charge is 0.456 e. The van der Waals surface area contributed by atoms with Crippen LogP contribution >= 0.6 is 0 Å². The summed E-state index contributed by atoms with van der Waals surface area (Å²) in [6, 6.07) is 50.6. The lowest BCUT2D eigenvalue weighted by Gasteiger charge is -2.12. The minimum atomic E-state index is 0.597. The topological polar surface area (TPSA) is 64.7 Å². The number of fused-ring (bicyclic) bond motifs is 7. The van der Waals surface area contributed by atoms with Gasteiger partial charge in [-0.1, -0.05) is 109 Å². The third-order valence-corrected chi connectivity index (χ3v) is 10.1. The van der Waals surface area contributed by atoms with E-state index in [1.165, 1.54) is 33.0 Å². The zero-order chi connectivity index (χ0) is 33.5. The van der Waals surface area contributed by atoms with Crippen molar-refractivity contribution in [1.82, 2.24) is 19.9 Å². The molecule has 1 aliphatic rings. The molecule has 236 valence electrons. The van der Waals surface area contributed by atoms with Crippen LogP contribution in [-0.4, -0.2) is 19.9 Å². The molecular formula is C46H26N4O. The lowest BCUT2D eigenvalue weighted by atomic mass is 9.96. The molecular weight excluding hydrogens is 625 g/mol. The summed E-state index contributed by atoms with van der Waals surface area (Å²) in [6.45, 7) is 0. The molecule has 3 heterocycles. The van der Waals surface area contributed by atoms with Gasteiger partial charge in [0.1, 0.15) is 11.2 Å². The van der Waals surface area contributed by atoms with Gasteiger partial charge in [-0.05, 0) is 75.0 Å². The lowest BCUT2D eigenvalue weighted by molar-refractivity contribution is 0.669. The predicted octanol–water partition coefficient (Wildman–Crippen LogP) is 11.8. The van der Waals surface area contributed by atoms with Crippen LogP contribution in [0.3, 0.4) is 0 Å². The van der Waals surface area contributed by atoms with Gasteiger partial charge in [-0.15, -0.1) is 0 Å². The average Bonchev–Trinajstić information content (AvgIpc) is 3.74. The van der Waals surface area contributed by atoms with E-state index in [1.54, 1.807) is 0 Å². The second kappa shape index (κ2) is 10.8. The molecule has 51 heavy (non-hydrogen) atoms. The maximum absolute atomic E-state index is 6.26. The van der Waals surface area contributed by atoms with Crippen LogP contribution in [0.2, 0.25) is 0 Å². The molecule has 0 aliphatic heterocycles. The van der Waals surface area contributed by atoms with Gasteiger partial charge in [-0.25, -0.2) is 15.0 Å². The van der Waals surface area contributed by atoms with Crippen LogP contribution in [0, 0.1) is 0 Å². The summed E-state index contributed by atoms with van der Waals surface area (Å²) < 4.78 is 6.26. The summed E-state index contributed by atoms with van der Waals surface area (Å²) in [6.07, 6.45) is 3.95. The first-order valence-electron chi connectivity index (χ1n) is 17.0. The van der Waals surface area contributed by atoms with E-state index < -0.39 is 0 Å². The Morgan fingerprint density at radius 1 is 0.353 bits per heavy atom. The zero-order valence-electron chi connectivity index (χ0n) is 27.2. The van der Waals surface area contributed by atoms with E-state index in [4.69, 9.17) is 19.4 Å². The first-order valence-corrected chi connectivity index (χ1v) is 17.0. The van der Waals surface area contributed by atoms with Crippen molar-refractivity contribution < 1.29 is 4.42 Å². The molecule has 0 spiro atoms. The third-order valence-electron chi connectivity index (χ3n) is 10.1. The van der Waals surface area contributed by atoms with Gasteiger partial charge in [0.2, 0.25) is 0 Å². The summed E-state index contributed by atoms with van der Waals surface area (Å²) in [5.74, 6) is 1.82. The van der Waals surface area contributed by atoms with Crippen molar-refractivity contribution in [2.45, 2.75) is 0 Å². The first-order chi connectivity index (χ1) is 25.2. The van der Waals surface area contributed by atoms with Crippen molar-refractivity contribution >= 4 is 43.5 Å². The second-order valence-corrected chi connectivity index (χ2v) is 13.1. The fraction of sp³-hybridized carbons (Fsp3) is 0. The van der Waals surface area contributed by atoms with Crippen molar-refractivity contribution in [2.24, 2.45) is 0 Å². The van der Waals surface area contributed by atoms with Crippen LogP contribution in [0.1, 0.15) is 0 Å². The standard InChI is InChI=1S/C46H26N4O/c1-2-10-28-21-31(20-19-27(28)9-1)45-48-44(49-46(50-45)37-16-8-18-41-43(37)36-15-5-6-17-40(36)51-41)30-12-7-11-29(22-30)32-23-33-25-47-26-39-35-14-4-3-13-34(35)38(24-32)42(33)39/h1-26H. The third kappa shape index (κ3) is 4.35. The molecule has 0 amide bonds. The van der Waals surface area contributed by atoms with E-state index in [0.29, 0.717) is 17.5 Å². The SMILES string of the molecule is c1cc(-c2cc3c4c(cncc4c2)-c2ccccc2-3)cc(-c2nc(-c3ccc4ccccc4c3)nc(-c3cccc4oc5ccccc5c34)n2)c1. The molecule has 0 bridgehead atoms. The number of benzene rings is 7. The number of hydrogen-bond donors (Lipinski definition) is 0. The number of aromatic nitrogens is 4. The highest BCUT2D eigenvalue weighted by molar-refractivity contribution is 6.16. The summed E-state index contributed by atoms with van der Waals surface area (Å²) in [5.41, 5.74) is 11.5. The van der Waals surface area contributed by atoms with Crippen molar-refractivity contribution in [3.63, 3.8) is 0 Å². The van der Waals surface area contributed by atoms with Crippen LogP contribution in [0.15, 0.2) is 162 Å². The summed E-state index contributed by atoms with van der Waals surface area (Å²) >= 11 is 0. The van der Waals surface area contributed by atoms with Gasteiger partial charge in [0.05, 0.1) is 0 Å². The molecule has 10 aromatic rings. The maximum atomic E-state index is 6.26. The summed E-state index contributed by atoms with van der Waals surface area (Å²) in [4.78, 5) is 20.1. The lowest BCUT2D eigenvalue weighted by Crippen LogP contribution is -2.00. The number of para-hydroxylation sites is 1. The fourth-order valence-corrected chi connectivity index (χ4v) is 7.74. The van der Waals surface area contributed by atoms with Crippen LogP contribution in [-0.2, 0) is 0 Å². The number of hydrogen-bond acceptors (Lipinski definition) is 5. The van der Waals surface area contributed by atoms with Gasteiger partial charge in [0, 0.05) is 56.2 Å². The van der Waals surface area contributed by atoms with Crippen molar-refractivity contribution in [2.75, 3.05) is 0 Å². The van der Waals surface area contributed by atoms with Crippen LogP contribution < -0.4 is 0 Å². The normalized spacial score (nSPS) is 11.9. The Balaban J connectivity index is 1.11. The molecule has 1 aliphatic carbocycles. The molecule has 0 fully saturated rings. The van der Waals surface area contributed by atoms with Gasteiger partial charge >= 0.3 is 0 Å². The van der Waals surface area contributed by atoms with Gasteiger partial charge in [-0.2, -0.15) is 0 Å². The smallest absolute Gasteiger partial charge is 0.164 e. The molecule has 0 unspecified atom stereocenters. The molecule has 3 aromatic heterocycles. The van der Waals surface area contributed by atoms with Gasteiger partial charge in [0.15, 0.2) is 17.5 Å². The Bertz CT molecular complexity index is 3050. The van der Waals surface area contributed by atoms with E-state index in [1.807, 2.05) is 42.7 Å². The Labute approximate surface area is 292 Å². The highest BCUT2D eigenvalue weighted by Crippen LogP contribution is 2.48. The summed E-state index contributed by atoms with van der Waals surface area (Å²) in [5, 5.41) is 6.71. The monoisotopic (exact) mass is 650 g/mol. The van der Waals surface area contributed by atoms with Crippen LogP contribution in [0.4, 0.5) is 0 Å². The molecule has 0 saturated heterocycles. The average molecular weight is 651 g/mol. The van der Waals surface area contributed by atoms with Gasteiger partial charge < -0.3 is 4.42 Å². The number of pyridine rings is 1. The van der Waals surface area contributed by atoms with E-state index in [2.05, 4.69) is 120 Å². The molecule has 0 radical (unpaired) electrons. The van der Waals surface area contributed by atoms with E-state index in [0.717, 1.165) is 60.5 Å². The van der Waals surface area contributed by atoms with Gasteiger partial charge in [0.25, 0.3) is 0 Å². The quantitative estimate of drug-likeness (QED) is 0.190. The fourth-order valence-electron chi connectivity index (χ4n) is 7.74. The first kappa shape index (κ1) is 27.9. The minimum absolute atomic E-state index is 0.597. The Kier molecular flexibility index (Phi) is 5.89. The van der Waals surface area contributed by atoms with Gasteiger partial charge in [-0.3, -0.25) is 4.98 Å². The van der Waals surface area contributed by atoms with Crippen LogP contribution in [0.5, 0.6) is 0 Å². The molecule has 11 rings (SSSR count). The van der Waals surface area contributed by atoms with E-state index in [9.17, 15) is 0 Å². The number of rotatable bonds is 4. The Morgan fingerprint density at radius 2 is 1.02 bits per heavy atom. The molecule has 0 atom stereocenters. The zero-order valence-corrected chi connectivity index (χ0v) is 27.2. The maximum Gasteiger partial charge on any atom is 0.164 e. The molecule has 7 aromatic carbocycles.